The Morgan fingerprint density at radius 2 is 1.95 bits per heavy atom. The molecule has 3 rings (SSSR count). The summed E-state index contributed by atoms with van der Waals surface area (Å²) >= 11 is 0. The van der Waals surface area contributed by atoms with Crippen LogP contribution in [0.3, 0.4) is 0 Å². The molecule has 106 valence electrons. The minimum Gasteiger partial charge on any atom is -0.375 e. The zero-order valence-corrected chi connectivity index (χ0v) is 12.4. The van der Waals surface area contributed by atoms with Crippen LogP contribution in [0.2, 0.25) is 0 Å². The fourth-order valence-corrected chi connectivity index (χ4v) is 3.02. The fraction of sp³-hybridized carbons (Fsp3) is 0.444. The predicted octanol–water partition coefficient (Wildman–Crippen LogP) is 3.89. The van der Waals surface area contributed by atoms with Crippen LogP contribution < -0.4 is 5.32 Å². The summed E-state index contributed by atoms with van der Waals surface area (Å²) in [5.41, 5.74) is 1.37. The molecule has 20 heavy (non-hydrogen) atoms. The summed E-state index contributed by atoms with van der Waals surface area (Å²) in [6.07, 6.45) is 2.19. The van der Waals surface area contributed by atoms with Gasteiger partial charge in [-0.15, -0.1) is 0 Å². The van der Waals surface area contributed by atoms with E-state index < -0.39 is 0 Å². The van der Waals surface area contributed by atoms with Crippen LogP contribution in [-0.4, -0.2) is 18.2 Å². The smallest absolute Gasteiger partial charge is 0.0641 e. The van der Waals surface area contributed by atoms with Gasteiger partial charge >= 0.3 is 0 Å². The lowest BCUT2D eigenvalue weighted by atomic mass is 9.94. The van der Waals surface area contributed by atoms with Gasteiger partial charge in [0.15, 0.2) is 0 Å². The Morgan fingerprint density at radius 1 is 1.15 bits per heavy atom. The normalized spacial score (nSPS) is 22.0. The van der Waals surface area contributed by atoms with Gasteiger partial charge in [-0.2, -0.15) is 0 Å². The maximum absolute atomic E-state index is 5.77. The Balaban J connectivity index is 1.65. The van der Waals surface area contributed by atoms with E-state index in [0.717, 1.165) is 26.0 Å². The van der Waals surface area contributed by atoms with E-state index in [2.05, 4.69) is 61.6 Å². The Kier molecular flexibility index (Phi) is 3.77. The summed E-state index contributed by atoms with van der Waals surface area (Å²) in [5, 5.41) is 6.31. The van der Waals surface area contributed by atoms with Crippen LogP contribution in [0.25, 0.3) is 10.8 Å². The molecule has 1 aliphatic rings. The van der Waals surface area contributed by atoms with E-state index in [-0.39, 0.29) is 5.60 Å². The zero-order chi connectivity index (χ0) is 14.0. The molecular weight excluding hydrogens is 246 g/mol. The molecule has 0 aromatic heterocycles. The minimum absolute atomic E-state index is 0.0132. The maximum atomic E-state index is 5.77. The van der Waals surface area contributed by atoms with E-state index >= 15 is 0 Å². The van der Waals surface area contributed by atoms with Crippen molar-refractivity contribution in [2.45, 2.75) is 44.9 Å². The molecular formula is C18H23NO. The van der Waals surface area contributed by atoms with Gasteiger partial charge in [-0.1, -0.05) is 36.4 Å². The summed E-state index contributed by atoms with van der Waals surface area (Å²) in [6, 6.07) is 15.8. The van der Waals surface area contributed by atoms with Crippen molar-refractivity contribution in [1.82, 2.24) is 5.32 Å². The highest BCUT2D eigenvalue weighted by molar-refractivity contribution is 5.82. The highest BCUT2D eigenvalue weighted by atomic mass is 16.5. The summed E-state index contributed by atoms with van der Waals surface area (Å²) in [5.74, 6) is 0. The second-order valence-electron chi connectivity index (χ2n) is 6.36. The lowest BCUT2D eigenvalue weighted by Crippen LogP contribution is -2.43. The van der Waals surface area contributed by atoms with Crippen molar-refractivity contribution < 1.29 is 4.74 Å². The SMILES string of the molecule is CC1(C)CC(NCc2ccc3ccccc3c2)CCO1. The first kappa shape index (κ1) is 13.6. The summed E-state index contributed by atoms with van der Waals surface area (Å²) in [7, 11) is 0. The fourth-order valence-electron chi connectivity index (χ4n) is 3.02. The van der Waals surface area contributed by atoms with E-state index in [4.69, 9.17) is 4.74 Å². The molecule has 1 unspecified atom stereocenters. The average molecular weight is 269 g/mol. The highest BCUT2D eigenvalue weighted by Crippen LogP contribution is 2.24. The third kappa shape index (κ3) is 3.20. The van der Waals surface area contributed by atoms with Crippen molar-refractivity contribution >= 4 is 10.8 Å². The van der Waals surface area contributed by atoms with Crippen LogP contribution >= 0.6 is 0 Å². The van der Waals surface area contributed by atoms with Gasteiger partial charge in [0.2, 0.25) is 0 Å². The van der Waals surface area contributed by atoms with E-state index in [1.54, 1.807) is 0 Å². The average Bonchev–Trinajstić information content (AvgIpc) is 2.44. The Hall–Kier alpha value is -1.38. The molecule has 0 saturated carbocycles. The Bertz CT molecular complexity index is 591. The maximum Gasteiger partial charge on any atom is 0.0641 e. The van der Waals surface area contributed by atoms with E-state index in [0.29, 0.717) is 6.04 Å². The third-order valence-corrected chi connectivity index (χ3v) is 4.11. The number of benzene rings is 2. The molecule has 2 nitrogen and oxygen atoms in total. The van der Waals surface area contributed by atoms with Crippen molar-refractivity contribution in [3.05, 3.63) is 48.0 Å². The van der Waals surface area contributed by atoms with Gasteiger partial charge in [0, 0.05) is 19.2 Å². The van der Waals surface area contributed by atoms with Crippen molar-refractivity contribution in [2.24, 2.45) is 0 Å². The van der Waals surface area contributed by atoms with Gasteiger partial charge in [0.05, 0.1) is 5.60 Å². The molecule has 0 aliphatic carbocycles. The quantitative estimate of drug-likeness (QED) is 0.913. The molecule has 1 heterocycles. The standard InChI is InChI=1S/C18H23NO/c1-18(2)12-17(9-10-20-18)19-13-14-7-8-15-5-3-4-6-16(15)11-14/h3-8,11,17,19H,9-10,12-13H2,1-2H3. The molecule has 0 amide bonds. The monoisotopic (exact) mass is 269 g/mol. The number of hydrogen-bond donors (Lipinski definition) is 1. The van der Waals surface area contributed by atoms with Gasteiger partial charge in [-0.25, -0.2) is 0 Å². The molecule has 2 aromatic rings. The molecule has 0 bridgehead atoms. The molecule has 1 fully saturated rings. The van der Waals surface area contributed by atoms with Crippen LogP contribution in [0.5, 0.6) is 0 Å². The number of fused-ring (bicyclic) bond motifs is 1. The van der Waals surface area contributed by atoms with Crippen LogP contribution in [-0.2, 0) is 11.3 Å². The van der Waals surface area contributed by atoms with Crippen LogP contribution in [0.15, 0.2) is 42.5 Å². The Morgan fingerprint density at radius 3 is 2.75 bits per heavy atom. The molecule has 2 heteroatoms. The third-order valence-electron chi connectivity index (χ3n) is 4.11. The first-order valence-electron chi connectivity index (χ1n) is 7.47. The van der Waals surface area contributed by atoms with E-state index in [1.807, 2.05) is 0 Å². The molecule has 2 aromatic carbocycles. The second kappa shape index (κ2) is 5.55. The topological polar surface area (TPSA) is 21.3 Å². The number of ether oxygens (including phenoxy) is 1. The molecule has 1 atom stereocenters. The first-order valence-corrected chi connectivity index (χ1v) is 7.47. The molecule has 1 saturated heterocycles. The van der Waals surface area contributed by atoms with E-state index in [9.17, 15) is 0 Å². The van der Waals surface area contributed by atoms with Crippen molar-refractivity contribution in [1.29, 1.82) is 0 Å². The van der Waals surface area contributed by atoms with Gasteiger partial charge < -0.3 is 10.1 Å². The minimum atomic E-state index is 0.0132. The zero-order valence-electron chi connectivity index (χ0n) is 12.4. The highest BCUT2D eigenvalue weighted by Gasteiger charge is 2.28. The lowest BCUT2D eigenvalue weighted by molar-refractivity contribution is -0.0630. The number of hydrogen-bond acceptors (Lipinski definition) is 2. The Labute approximate surface area is 121 Å². The van der Waals surface area contributed by atoms with Crippen LogP contribution in [0.1, 0.15) is 32.3 Å². The van der Waals surface area contributed by atoms with Crippen LogP contribution in [0.4, 0.5) is 0 Å². The van der Waals surface area contributed by atoms with Gasteiger partial charge in [-0.05, 0) is 49.1 Å². The number of nitrogens with one attached hydrogen (secondary N) is 1. The van der Waals surface area contributed by atoms with Gasteiger partial charge in [0.25, 0.3) is 0 Å². The largest absolute Gasteiger partial charge is 0.375 e. The molecule has 0 spiro atoms. The molecule has 1 N–H and O–H groups in total. The summed E-state index contributed by atoms with van der Waals surface area (Å²) < 4.78 is 5.77. The summed E-state index contributed by atoms with van der Waals surface area (Å²) in [4.78, 5) is 0. The van der Waals surface area contributed by atoms with Gasteiger partial charge in [0.1, 0.15) is 0 Å². The van der Waals surface area contributed by atoms with Crippen molar-refractivity contribution in [3.8, 4) is 0 Å². The van der Waals surface area contributed by atoms with Gasteiger partial charge in [-0.3, -0.25) is 0 Å². The summed E-state index contributed by atoms with van der Waals surface area (Å²) in [6.45, 7) is 6.15. The predicted molar refractivity (Wildman–Crippen MR) is 83.8 cm³/mol. The molecule has 1 aliphatic heterocycles. The van der Waals surface area contributed by atoms with Crippen molar-refractivity contribution in [3.63, 3.8) is 0 Å². The van der Waals surface area contributed by atoms with Crippen molar-refractivity contribution in [2.75, 3.05) is 6.61 Å². The number of rotatable bonds is 3. The second-order valence-corrected chi connectivity index (χ2v) is 6.36. The van der Waals surface area contributed by atoms with E-state index in [1.165, 1.54) is 16.3 Å². The lowest BCUT2D eigenvalue weighted by Gasteiger charge is -2.36. The first-order chi connectivity index (χ1) is 9.62. The molecule has 0 radical (unpaired) electrons. The van der Waals surface area contributed by atoms with Crippen LogP contribution in [0, 0.1) is 0 Å².